The Kier molecular flexibility index (Phi) is 2.97. The maximum atomic E-state index is 10.2. The third kappa shape index (κ3) is 2.83. The van der Waals surface area contributed by atoms with E-state index in [9.17, 15) is 4.79 Å². The number of nitrogens with one attached hydrogen (secondary N) is 1. The largest absolute Gasteiger partial charge is 0.480 e. The van der Waals surface area contributed by atoms with Crippen molar-refractivity contribution in [1.29, 1.82) is 0 Å². The lowest BCUT2D eigenvalue weighted by molar-refractivity contribution is -0.134. The van der Waals surface area contributed by atoms with Gasteiger partial charge in [0.05, 0.1) is 10.7 Å². The van der Waals surface area contributed by atoms with E-state index in [4.69, 9.17) is 22.4 Å². The van der Waals surface area contributed by atoms with Gasteiger partial charge in [-0.05, 0) is 18.2 Å². The first-order chi connectivity index (χ1) is 6.09. The SMILES string of the molecule is Nc1cc(NCC(=O)O)ccc1Cl. The van der Waals surface area contributed by atoms with Gasteiger partial charge in [-0.2, -0.15) is 0 Å². The highest BCUT2D eigenvalue weighted by Crippen LogP contribution is 2.21. The smallest absolute Gasteiger partial charge is 0.322 e. The van der Waals surface area contributed by atoms with Crippen LogP contribution in [0, 0.1) is 0 Å². The van der Waals surface area contributed by atoms with Gasteiger partial charge in [0.25, 0.3) is 0 Å². The number of hydrogen-bond acceptors (Lipinski definition) is 3. The van der Waals surface area contributed by atoms with Crippen molar-refractivity contribution in [2.24, 2.45) is 0 Å². The number of aliphatic carboxylic acids is 1. The summed E-state index contributed by atoms with van der Waals surface area (Å²) in [5.74, 6) is -0.923. The zero-order valence-corrected chi connectivity index (χ0v) is 7.51. The fourth-order valence-corrected chi connectivity index (χ4v) is 0.949. The van der Waals surface area contributed by atoms with Gasteiger partial charge in [0.2, 0.25) is 0 Å². The Balaban J connectivity index is 2.68. The molecule has 5 heteroatoms. The van der Waals surface area contributed by atoms with Gasteiger partial charge in [-0.3, -0.25) is 4.79 Å². The molecule has 1 rings (SSSR count). The Morgan fingerprint density at radius 1 is 1.62 bits per heavy atom. The van der Waals surface area contributed by atoms with E-state index < -0.39 is 5.97 Å². The molecule has 0 aliphatic carbocycles. The van der Waals surface area contributed by atoms with Crippen LogP contribution in [0.25, 0.3) is 0 Å². The number of rotatable bonds is 3. The van der Waals surface area contributed by atoms with E-state index in [2.05, 4.69) is 5.32 Å². The molecule has 13 heavy (non-hydrogen) atoms. The lowest BCUT2D eigenvalue weighted by atomic mass is 10.3. The first-order valence-corrected chi connectivity index (χ1v) is 3.98. The number of carboxylic acids is 1. The molecule has 0 atom stereocenters. The minimum Gasteiger partial charge on any atom is -0.480 e. The van der Waals surface area contributed by atoms with Crippen LogP contribution in [-0.4, -0.2) is 17.6 Å². The van der Waals surface area contributed by atoms with E-state index in [-0.39, 0.29) is 6.54 Å². The summed E-state index contributed by atoms with van der Waals surface area (Å²) in [6.45, 7) is -0.138. The predicted molar refractivity (Wildman–Crippen MR) is 52.0 cm³/mol. The molecule has 70 valence electrons. The lowest BCUT2D eigenvalue weighted by Gasteiger charge is -2.04. The molecular weight excluding hydrogens is 192 g/mol. The minimum absolute atomic E-state index is 0.138. The second-order valence-corrected chi connectivity index (χ2v) is 2.89. The van der Waals surface area contributed by atoms with Gasteiger partial charge in [0, 0.05) is 5.69 Å². The molecule has 0 unspecified atom stereocenters. The van der Waals surface area contributed by atoms with Crippen LogP contribution in [0.3, 0.4) is 0 Å². The highest BCUT2D eigenvalue weighted by molar-refractivity contribution is 6.33. The molecule has 1 aromatic carbocycles. The van der Waals surface area contributed by atoms with Crippen LogP contribution < -0.4 is 11.1 Å². The van der Waals surface area contributed by atoms with Gasteiger partial charge in [-0.15, -0.1) is 0 Å². The average molecular weight is 201 g/mol. The van der Waals surface area contributed by atoms with Crippen molar-refractivity contribution in [3.8, 4) is 0 Å². The molecule has 0 aliphatic rings. The third-order valence-corrected chi connectivity index (χ3v) is 1.78. The summed E-state index contributed by atoms with van der Waals surface area (Å²) in [7, 11) is 0. The predicted octanol–water partition coefficient (Wildman–Crippen LogP) is 1.42. The number of carbonyl (C=O) groups is 1. The molecule has 4 nitrogen and oxygen atoms in total. The van der Waals surface area contributed by atoms with Crippen molar-refractivity contribution in [2.75, 3.05) is 17.6 Å². The van der Waals surface area contributed by atoms with Gasteiger partial charge in [-0.1, -0.05) is 11.6 Å². The van der Waals surface area contributed by atoms with Crippen LogP contribution in [0.15, 0.2) is 18.2 Å². The first kappa shape index (κ1) is 9.67. The van der Waals surface area contributed by atoms with Crippen LogP contribution in [0.1, 0.15) is 0 Å². The molecule has 0 aromatic heterocycles. The van der Waals surface area contributed by atoms with Gasteiger partial charge < -0.3 is 16.2 Å². The summed E-state index contributed by atoms with van der Waals surface area (Å²) >= 11 is 5.67. The number of benzene rings is 1. The third-order valence-electron chi connectivity index (χ3n) is 1.44. The second-order valence-electron chi connectivity index (χ2n) is 2.48. The summed E-state index contributed by atoms with van der Waals surface area (Å²) in [6.07, 6.45) is 0. The number of halogens is 1. The number of hydrogen-bond donors (Lipinski definition) is 3. The van der Waals surface area contributed by atoms with Crippen LogP contribution in [0.4, 0.5) is 11.4 Å². The monoisotopic (exact) mass is 200 g/mol. The van der Waals surface area contributed by atoms with E-state index in [1.54, 1.807) is 18.2 Å². The highest BCUT2D eigenvalue weighted by atomic mass is 35.5. The highest BCUT2D eigenvalue weighted by Gasteiger charge is 1.99. The molecular formula is C8H9ClN2O2. The van der Waals surface area contributed by atoms with Crippen LogP contribution in [-0.2, 0) is 4.79 Å². The maximum absolute atomic E-state index is 10.2. The number of nitrogens with two attached hydrogens (primary N) is 1. The van der Waals surface area contributed by atoms with Gasteiger partial charge in [-0.25, -0.2) is 0 Å². The zero-order valence-electron chi connectivity index (χ0n) is 6.75. The van der Waals surface area contributed by atoms with Gasteiger partial charge in [0.15, 0.2) is 0 Å². The molecule has 0 fully saturated rings. The lowest BCUT2D eigenvalue weighted by Crippen LogP contribution is -2.12. The first-order valence-electron chi connectivity index (χ1n) is 3.60. The van der Waals surface area contributed by atoms with Crippen LogP contribution >= 0.6 is 11.6 Å². The molecule has 0 aliphatic heterocycles. The van der Waals surface area contributed by atoms with Crippen molar-refractivity contribution in [3.63, 3.8) is 0 Å². The number of nitrogen functional groups attached to an aromatic ring is 1. The molecule has 0 radical (unpaired) electrons. The van der Waals surface area contributed by atoms with E-state index in [1.807, 2.05) is 0 Å². The second kappa shape index (κ2) is 4.00. The van der Waals surface area contributed by atoms with Crippen LogP contribution in [0.2, 0.25) is 5.02 Å². The Morgan fingerprint density at radius 3 is 2.85 bits per heavy atom. The van der Waals surface area contributed by atoms with E-state index in [0.717, 1.165) is 0 Å². The summed E-state index contributed by atoms with van der Waals surface area (Å²) < 4.78 is 0. The fraction of sp³-hybridized carbons (Fsp3) is 0.125. The van der Waals surface area contributed by atoms with Crippen molar-refractivity contribution in [1.82, 2.24) is 0 Å². The minimum atomic E-state index is -0.923. The summed E-state index contributed by atoms with van der Waals surface area (Å²) in [4.78, 5) is 10.2. The molecule has 0 bridgehead atoms. The van der Waals surface area contributed by atoms with Crippen LogP contribution in [0.5, 0.6) is 0 Å². The van der Waals surface area contributed by atoms with Crippen molar-refractivity contribution in [3.05, 3.63) is 23.2 Å². The Labute approximate surface area is 80.3 Å². The molecule has 0 saturated heterocycles. The topological polar surface area (TPSA) is 75.3 Å². The standard InChI is InChI=1S/C8H9ClN2O2/c9-6-2-1-5(3-7(6)10)11-4-8(12)13/h1-3,11H,4,10H2,(H,12,13). The normalized spacial score (nSPS) is 9.62. The zero-order chi connectivity index (χ0) is 9.84. The quantitative estimate of drug-likeness (QED) is 0.645. The summed E-state index contributed by atoms with van der Waals surface area (Å²) in [5.41, 5.74) is 6.58. The Hall–Kier alpha value is -1.42. The molecule has 1 aromatic rings. The van der Waals surface area contributed by atoms with E-state index in [1.165, 1.54) is 0 Å². The van der Waals surface area contributed by atoms with Crippen molar-refractivity contribution in [2.45, 2.75) is 0 Å². The summed E-state index contributed by atoms with van der Waals surface area (Å²) in [5, 5.41) is 11.5. The van der Waals surface area contributed by atoms with E-state index >= 15 is 0 Å². The molecule has 0 heterocycles. The van der Waals surface area contributed by atoms with E-state index in [0.29, 0.717) is 16.4 Å². The Morgan fingerprint density at radius 2 is 2.31 bits per heavy atom. The average Bonchev–Trinajstić information content (AvgIpc) is 2.07. The van der Waals surface area contributed by atoms with Crippen molar-refractivity contribution < 1.29 is 9.90 Å². The molecule has 0 amide bonds. The molecule has 0 saturated carbocycles. The molecule has 4 N–H and O–H groups in total. The molecule has 0 spiro atoms. The summed E-state index contributed by atoms with van der Waals surface area (Å²) in [6, 6.07) is 4.87. The van der Waals surface area contributed by atoms with Crippen molar-refractivity contribution >= 4 is 28.9 Å². The Bertz CT molecular complexity index is 328. The number of anilines is 2. The van der Waals surface area contributed by atoms with Gasteiger partial charge in [0.1, 0.15) is 6.54 Å². The maximum Gasteiger partial charge on any atom is 0.322 e. The van der Waals surface area contributed by atoms with Gasteiger partial charge >= 0.3 is 5.97 Å². The fourth-order valence-electron chi connectivity index (χ4n) is 0.831. The number of carboxylic acid groups (broad SMARTS) is 1.